The second kappa shape index (κ2) is 9.38. The Hall–Kier alpha value is -2.78. The third-order valence-corrected chi connectivity index (χ3v) is 8.13. The van der Waals surface area contributed by atoms with Crippen molar-refractivity contribution >= 4 is 27.5 Å². The fourth-order valence-corrected chi connectivity index (χ4v) is 5.53. The minimum atomic E-state index is -3.31. The number of hydrogen-bond acceptors (Lipinski definition) is 6. The molecule has 2 aromatic rings. The second-order valence-electron chi connectivity index (χ2n) is 8.32. The van der Waals surface area contributed by atoms with Crippen molar-refractivity contribution in [3.63, 3.8) is 0 Å². The van der Waals surface area contributed by atoms with Crippen LogP contribution in [0.15, 0.2) is 47.5 Å². The number of amides is 1. The Kier molecular flexibility index (Phi) is 6.57. The molecular weight excluding hydrogens is 432 g/mol. The number of aromatic carboxylic acids is 1. The molecule has 170 valence electrons. The zero-order chi connectivity index (χ0) is 22.7. The number of pyridine rings is 1. The average Bonchev–Trinajstić information content (AvgIpc) is 3.65. The van der Waals surface area contributed by atoms with Crippen molar-refractivity contribution in [3.05, 3.63) is 53.7 Å². The SMILES string of the molecule is O=C(O)c1ccc(NC(=O)C(OC2CCCCC2)c2ccc(S(=O)(=O)C3CC3)cc2)nc1. The predicted octanol–water partition coefficient (Wildman–Crippen LogP) is 3.75. The van der Waals surface area contributed by atoms with E-state index in [9.17, 15) is 18.0 Å². The summed E-state index contributed by atoms with van der Waals surface area (Å²) in [5.41, 5.74) is 0.579. The highest BCUT2D eigenvalue weighted by Gasteiger charge is 2.37. The molecule has 1 aromatic carbocycles. The molecule has 2 fully saturated rings. The predicted molar refractivity (Wildman–Crippen MR) is 117 cm³/mol. The molecule has 32 heavy (non-hydrogen) atoms. The monoisotopic (exact) mass is 458 g/mol. The van der Waals surface area contributed by atoms with E-state index in [1.54, 1.807) is 12.1 Å². The van der Waals surface area contributed by atoms with E-state index in [1.807, 2.05) is 0 Å². The highest BCUT2D eigenvalue weighted by molar-refractivity contribution is 7.92. The Balaban J connectivity index is 1.54. The molecule has 2 N–H and O–H groups in total. The number of carboxylic acid groups (broad SMARTS) is 1. The quantitative estimate of drug-likeness (QED) is 0.618. The molecule has 1 atom stereocenters. The first-order chi connectivity index (χ1) is 15.3. The zero-order valence-corrected chi connectivity index (χ0v) is 18.4. The van der Waals surface area contributed by atoms with Gasteiger partial charge in [0.15, 0.2) is 15.9 Å². The van der Waals surface area contributed by atoms with Crippen LogP contribution in [0.2, 0.25) is 0 Å². The molecule has 0 saturated heterocycles. The summed E-state index contributed by atoms with van der Waals surface area (Å²) in [6.07, 6.45) is 6.50. The van der Waals surface area contributed by atoms with E-state index in [0.717, 1.165) is 32.1 Å². The Labute approximate surface area is 186 Å². The number of nitrogens with one attached hydrogen (secondary N) is 1. The van der Waals surface area contributed by atoms with Crippen LogP contribution in [0, 0.1) is 0 Å². The normalized spacial score (nSPS) is 18.1. The van der Waals surface area contributed by atoms with Gasteiger partial charge < -0.3 is 15.2 Å². The summed E-state index contributed by atoms with van der Waals surface area (Å²) in [4.78, 5) is 28.3. The van der Waals surface area contributed by atoms with E-state index in [-0.39, 0.29) is 27.6 Å². The molecule has 1 aromatic heterocycles. The van der Waals surface area contributed by atoms with E-state index < -0.39 is 27.8 Å². The van der Waals surface area contributed by atoms with Gasteiger partial charge in [0, 0.05) is 6.20 Å². The van der Waals surface area contributed by atoms with Crippen LogP contribution in [0.25, 0.3) is 0 Å². The summed E-state index contributed by atoms with van der Waals surface area (Å²) in [6.45, 7) is 0. The lowest BCUT2D eigenvalue weighted by Gasteiger charge is -2.27. The second-order valence-corrected chi connectivity index (χ2v) is 10.5. The van der Waals surface area contributed by atoms with Gasteiger partial charge in [0.05, 0.1) is 21.8 Å². The van der Waals surface area contributed by atoms with Crippen molar-refractivity contribution in [2.24, 2.45) is 0 Å². The number of aromatic nitrogens is 1. The van der Waals surface area contributed by atoms with Crippen molar-refractivity contribution in [2.75, 3.05) is 5.32 Å². The van der Waals surface area contributed by atoms with Gasteiger partial charge in [-0.25, -0.2) is 18.2 Å². The molecule has 2 aliphatic carbocycles. The zero-order valence-electron chi connectivity index (χ0n) is 17.6. The minimum Gasteiger partial charge on any atom is -0.478 e. The standard InChI is InChI=1S/C23H26N2O6S/c26-22(25-20-13-8-16(14-24-20)23(27)28)21(31-17-4-2-1-3-5-17)15-6-9-18(10-7-15)32(29,30)19-11-12-19/h6-10,13-14,17,19,21H,1-5,11-12H2,(H,27,28)(H,24,25,26). The first-order valence-electron chi connectivity index (χ1n) is 10.8. The number of benzene rings is 1. The molecule has 2 saturated carbocycles. The lowest BCUT2D eigenvalue weighted by molar-refractivity contribution is -0.133. The topological polar surface area (TPSA) is 123 Å². The number of ether oxygens (including phenoxy) is 1. The van der Waals surface area contributed by atoms with E-state index in [4.69, 9.17) is 9.84 Å². The van der Waals surface area contributed by atoms with Crippen LogP contribution < -0.4 is 5.32 Å². The van der Waals surface area contributed by atoms with Gasteiger partial charge in [-0.3, -0.25) is 4.79 Å². The van der Waals surface area contributed by atoms with Gasteiger partial charge in [0.25, 0.3) is 5.91 Å². The summed E-state index contributed by atoms with van der Waals surface area (Å²) >= 11 is 0. The molecule has 0 bridgehead atoms. The van der Waals surface area contributed by atoms with E-state index in [0.29, 0.717) is 18.4 Å². The number of carbonyl (C=O) groups is 2. The summed E-state index contributed by atoms with van der Waals surface area (Å²) in [6, 6.07) is 9.11. The fourth-order valence-electron chi connectivity index (χ4n) is 3.87. The highest BCUT2D eigenvalue weighted by Crippen LogP contribution is 2.34. The number of rotatable bonds is 8. The van der Waals surface area contributed by atoms with Gasteiger partial charge in [0.2, 0.25) is 0 Å². The van der Waals surface area contributed by atoms with Gasteiger partial charge in [-0.15, -0.1) is 0 Å². The van der Waals surface area contributed by atoms with E-state index in [2.05, 4.69) is 10.3 Å². The van der Waals surface area contributed by atoms with Crippen molar-refractivity contribution in [3.8, 4) is 0 Å². The number of carbonyl (C=O) groups excluding carboxylic acids is 1. The summed E-state index contributed by atoms with van der Waals surface area (Å²) in [5, 5.41) is 11.4. The molecule has 1 unspecified atom stereocenters. The van der Waals surface area contributed by atoms with E-state index >= 15 is 0 Å². The molecular formula is C23H26N2O6S. The first kappa shape index (κ1) is 22.4. The Bertz CT molecular complexity index is 1070. The third-order valence-electron chi connectivity index (χ3n) is 5.86. The van der Waals surface area contributed by atoms with Gasteiger partial charge in [-0.05, 0) is 55.5 Å². The smallest absolute Gasteiger partial charge is 0.337 e. The van der Waals surface area contributed by atoms with Crippen LogP contribution in [-0.4, -0.2) is 41.7 Å². The molecule has 1 heterocycles. The average molecular weight is 459 g/mol. The van der Waals surface area contributed by atoms with Crippen LogP contribution in [0.5, 0.6) is 0 Å². The maximum atomic E-state index is 13.1. The molecule has 0 radical (unpaired) electrons. The van der Waals surface area contributed by atoms with Crippen LogP contribution >= 0.6 is 0 Å². The lowest BCUT2D eigenvalue weighted by Crippen LogP contribution is -2.29. The molecule has 9 heteroatoms. The first-order valence-corrected chi connectivity index (χ1v) is 12.4. The summed E-state index contributed by atoms with van der Waals surface area (Å²) in [7, 11) is -3.31. The Morgan fingerprint density at radius 1 is 1.00 bits per heavy atom. The Morgan fingerprint density at radius 3 is 2.25 bits per heavy atom. The third kappa shape index (κ3) is 5.16. The number of sulfone groups is 1. The van der Waals surface area contributed by atoms with Gasteiger partial charge >= 0.3 is 5.97 Å². The maximum absolute atomic E-state index is 13.1. The molecule has 1 amide bonds. The molecule has 0 spiro atoms. The van der Waals surface area contributed by atoms with Gasteiger partial charge in [0.1, 0.15) is 5.82 Å². The largest absolute Gasteiger partial charge is 0.478 e. The lowest BCUT2D eigenvalue weighted by atomic mass is 9.97. The molecule has 2 aliphatic rings. The van der Waals surface area contributed by atoms with Crippen molar-refractivity contribution in [2.45, 2.75) is 67.3 Å². The van der Waals surface area contributed by atoms with Gasteiger partial charge in [-0.2, -0.15) is 0 Å². The maximum Gasteiger partial charge on any atom is 0.337 e. The molecule has 4 rings (SSSR count). The molecule has 8 nitrogen and oxygen atoms in total. The van der Waals surface area contributed by atoms with Gasteiger partial charge in [-0.1, -0.05) is 31.4 Å². The van der Waals surface area contributed by atoms with Crippen molar-refractivity contribution in [1.29, 1.82) is 0 Å². The minimum absolute atomic E-state index is 0.0189. The summed E-state index contributed by atoms with van der Waals surface area (Å²) in [5.74, 6) is -1.33. The van der Waals surface area contributed by atoms with Crippen LogP contribution in [0.4, 0.5) is 5.82 Å². The highest BCUT2D eigenvalue weighted by atomic mass is 32.2. The van der Waals surface area contributed by atoms with Crippen LogP contribution in [0.1, 0.15) is 67.0 Å². The number of hydrogen-bond donors (Lipinski definition) is 2. The van der Waals surface area contributed by atoms with Crippen molar-refractivity contribution in [1.82, 2.24) is 4.98 Å². The number of anilines is 1. The summed E-state index contributed by atoms with van der Waals surface area (Å²) < 4.78 is 31.1. The Morgan fingerprint density at radius 2 is 1.69 bits per heavy atom. The number of carboxylic acids is 1. The number of nitrogens with zero attached hydrogens (tertiary/aromatic N) is 1. The van der Waals surface area contributed by atoms with Crippen molar-refractivity contribution < 1.29 is 27.9 Å². The van der Waals surface area contributed by atoms with Crippen LogP contribution in [0.3, 0.4) is 0 Å². The fraction of sp³-hybridized carbons (Fsp3) is 0.435. The van der Waals surface area contributed by atoms with Crippen LogP contribution in [-0.2, 0) is 19.4 Å². The molecule has 0 aliphatic heterocycles. The van der Waals surface area contributed by atoms with E-state index in [1.165, 1.54) is 30.5 Å².